The van der Waals surface area contributed by atoms with E-state index in [0.29, 0.717) is 42.5 Å². The predicted molar refractivity (Wildman–Crippen MR) is 102 cm³/mol. The van der Waals surface area contributed by atoms with Gasteiger partial charge in [-0.1, -0.05) is 24.3 Å². The van der Waals surface area contributed by atoms with E-state index >= 15 is 0 Å². The topological polar surface area (TPSA) is 35.6 Å². The second-order valence-corrected chi connectivity index (χ2v) is 6.53. The number of anilines is 1. The fraction of sp³-hybridized carbons (Fsp3) is 0.263. The molecule has 0 bridgehead atoms. The molecule has 0 saturated carbocycles. The minimum atomic E-state index is -4.36. The van der Waals surface area contributed by atoms with Crippen LogP contribution in [0.4, 0.5) is 18.9 Å². The molecule has 1 fully saturated rings. The Bertz CT molecular complexity index is 818. The van der Waals surface area contributed by atoms with Crippen molar-refractivity contribution >= 4 is 28.9 Å². The number of nitrogens with one attached hydrogen (secondary N) is 1. The molecule has 0 radical (unpaired) electrons. The summed E-state index contributed by atoms with van der Waals surface area (Å²) in [5, 5.41) is 3.03. The first kappa shape index (κ1) is 19.2. The Morgan fingerprint density at radius 3 is 2.26 bits per heavy atom. The maximum Gasteiger partial charge on any atom is 0.416 e. The van der Waals surface area contributed by atoms with E-state index in [9.17, 15) is 18.0 Å². The Balaban J connectivity index is 1.57. The van der Waals surface area contributed by atoms with Crippen LogP contribution in [0.5, 0.6) is 0 Å². The van der Waals surface area contributed by atoms with Gasteiger partial charge in [-0.05, 0) is 42.5 Å². The number of carbonyl (C=O) groups is 1. The van der Waals surface area contributed by atoms with Gasteiger partial charge in [-0.25, -0.2) is 0 Å². The highest BCUT2D eigenvalue weighted by molar-refractivity contribution is 7.80. The molecule has 1 amide bonds. The van der Waals surface area contributed by atoms with Gasteiger partial charge >= 0.3 is 6.18 Å². The van der Waals surface area contributed by atoms with E-state index in [4.69, 9.17) is 12.2 Å². The summed E-state index contributed by atoms with van der Waals surface area (Å²) in [6.07, 6.45) is -4.36. The third-order valence-electron chi connectivity index (χ3n) is 4.36. The van der Waals surface area contributed by atoms with Crippen LogP contribution >= 0.6 is 12.2 Å². The van der Waals surface area contributed by atoms with E-state index in [0.717, 1.165) is 12.1 Å². The van der Waals surface area contributed by atoms with Crippen LogP contribution in [0.25, 0.3) is 0 Å². The lowest BCUT2D eigenvalue weighted by atomic mass is 10.1. The third kappa shape index (κ3) is 4.77. The first-order chi connectivity index (χ1) is 12.8. The van der Waals surface area contributed by atoms with Crippen molar-refractivity contribution in [2.45, 2.75) is 6.18 Å². The highest BCUT2D eigenvalue weighted by atomic mass is 32.1. The summed E-state index contributed by atoms with van der Waals surface area (Å²) < 4.78 is 38.6. The number of hydrogen-bond acceptors (Lipinski definition) is 3. The number of nitrogens with zero attached hydrogens (tertiary/aromatic N) is 2. The van der Waals surface area contributed by atoms with Gasteiger partial charge < -0.3 is 9.80 Å². The Morgan fingerprint density at radius 1 is 0.963 bits per heavy atom. The molecular weight excluding hydrogens is 375 g/mol. The molecule has 2 aromatic carbocycles. The van der Waals surface area contributed by atoms with E-state index in [1.807, 2.05) is 15.9 Å². The van der Waals surface area contributed by atoms with E-state index in [-0.39, 0.29) is 5.91 Å². The largest absolute Gasteiger partial charge is 0.416 e. The number of benzene rings is 2. The summed E-state index contributed by atoms with van der Waals surface area (Å²) >= 11 is 5.30. The van der Waals surface area contributed by atoms with Crippen LogP contribution in [0.15, 0.2) is 54.6 Å². The molecule has 1 N–H and O–H groups in total. The molecule has 3 rings (SSSR count). The summed E-state index contributed by atoms with van der Waals surface area (Å²) in [6, 6.07) is 14.1. The molecule has 0 spiro atoms. The number of hydrogen-bond donors (Lipinski definition) is 1. The van der Waals surface area contributed by atoms with Crippen molar-refractivity contribution in [1.29, 1.82) is 0 Å². The molecule has 1 aliphatic rings. The molecule has 1 heterocycles. The van der Waals surface area contributed by atoms with Gasteiger partial charge in [0.25, 0.3) is 5.91 Å². The van der Waals surface area contributed by atoms with Crippen molar-refractivity contribution in [2.75, 3.05) is 31.1 Å². The van der Waals surface area contributed by atoms with Crippen LogP contribution in [0.3, 0.4) is 0 Å². The standard InChI is InChI=1S/C19H18F3N3OS/c20-19(21,22)15-7-4-8-16(13-15)24-9-11-25(12-10-24)18(27)23-17(26)14-5-2-1-3-6-14/h1-8,13H,9-12H2,(H,23,26,27). The van der Waals surface area contributed by atoms with E-state index < -0.39 is 11.7 Å². The molecular formula is C19H18F3N3OS. The number of piperazine rings is 1. The van der Waals surface area contributed by atoms with Crippen molar-refractivity contribution in [3.05, 3.63) is 65.7 Å². The first-order valence-corrected chi connectivity index (χ1v) is 8.83. The maximum absolute atomic E-state index is 12.9. The number of halogens is 3. The third-order valence-corrected chi connectivity index (χ3v) is 4.72. The average Bonchev–Trinajstić information content (AvgIpc) is 2.68. The lowest BCUT2D eigenvalue weighted by molar-refractivity contribution is -0.137. The quantitative estimate of drug-likeness (QED) is 0.792. The number of rotatable bonds is 2. The van der Waals surface area contributed by atoms with Gasteiger partial charge in [0.05, 0.1) is 5.56 Å². The molecule has 0 aliphatic carbocycles. The Hall–Kier alpha value is -2.61. The number of carbonyl (C=O) groups excluding carboxylic acids is 1. The summed E-state index contributed by atoms with van der Waals surface area (Å²) in [6.45, 7) is 2.07. The monoisotopic (exact) mass is 393 g/mol. The minimum Gasteiger partial charge on any atom is -0.368 e. The van der Waals surface area contributed by atoms with Gasteiger partial charge in [0.1, 0.15) is 0 Å². The number of alkyl halides is 3. The van der Waals surface area contributed by atoms with Crippen molar-refractivity contribution < 1.29 is 18.0 Å². The molecule has 8 heteroatoms. The zero-order valence-electron chi connectivity index (χ0n) is 14.4. The van der Waals surface area contributed by atoms with Crippen LogP contribution in [-0.2, 0) is 6.18 Å². The fourth-order valence-corrected chi connectivity index (χ4v) is 3.16. The fourth-order valence-electron chi connectivity index (χ4n) is 2.88. The molecule has 1 aliphatic heterocycles. The first-order valence-electron chi connectivity index (χ1n) is 8.42. The highest BCUT2D eigenvalue weighted by Gasteiger charge is 2.31. The maximum atomic E-state index is 12.9. The lowest BCUT2D eigenvalue weighted by Gasteiger charge is -2.37. The summed E-state index contributed by atoms with van der Waals surface area (Å²) in [7, 11) is 0. The Labute approximate surface area is 160 Å². The van der Waals surface area contributed by atoms with E-state index in [2.05, 4.69) is 5.32 Å². The van der Waals surface area contributed by atoms with Crippen LogP contribution in [0, 0.1) is 0 Å². The molecule has 4 nitrogen and oxygen atoms in total. The zero-order chi connectivity index (χ0) is 19.4. The molecule has 1 saturated heterocycles. The second kappa shape index (κ2) is 7.96. The second-order valence-electron chi connectivity index (χ2n) is 6.15. The Morgan fingerprint density at radius 2 is 1.63 bits per heavy atom. The highest BCUT2D eigenvalue weighted by Crippen LogP contribution is 2.31. The van der Waals surface area contributed by atoms with Gasteiger partial charge in [-0.15, -0.1) is 0 Å². The Kier molecular flexibility index (Phi) is 5.65. The van der Waals surface area contributed by atoms with Crippen LogP contribution < -0.4 is 10.2 Å². The summed E-state index contributed by atoms with van der Waals surface area (Å²) in [5.41, 5.74) is 0.388. The van der Waals surface area contributed by atoms with Gasteiger partial charge in [0.15, 0.2) is 5.11 Å². The van der Waals surface area contributed by atoms with Crippen molar-refractivity contribution in [2.24, 2.45) is 0 Å². The summed E-state index contributed by atoms with van der Waals surface area (Å²) in [4.78, 5) is 15.9. The van der Waals surface area contributed by atoms with Crippen molar-refractivity contribution in [3.63, 3.8) is 0 Å². The zero-order valence-corrected chi connectivity index (χ0v) is 15.2. The van der Waals surface area contributed by atoms with Gasteiger partial charge in [-0.2, -0.15) is 13.2 Å². The van der Waals surface area contributed by atoms with Gasteiger partial charge in [0.2, 0.25) is 0 Å². The number of amides is 1. The minimum absolute atomic E-state index is 0.277. The van der Waals surface area contributed by atoms with E-state index in [1.165, 1.54) is 6.07 Å². The molecule has 0 unspecified atom stereocenters. The SMILES string of the molecule is O=C(NC(=S)N1CCN(c2cccc(C(F)(F)F)c2)CC1)c1ccccc1. The smallest absolute Gasteiger partial charge is 0.368 e. The van der Waals surface area contributed by atoms with Crippen LogP contribution in [0.2, 0.25) is 0 Å². The average molecular weight is 393 g/mol. The van der Waals surface area contributed by atoms with Crippen LogP contribution in [0.1, 0.15) is 15.9 Å². The van der Waals surface area contributed by atoms with Crippen molar-refractivity contribution in [3.8, 4) is 0 Å². The normalized spacial score (nSPS) is 14.8. The van der Waals surface area contributed by atoms with Gasteiger partial charge in [-0.3, -0.25) is 10.1 Å². The van der Waals surface area contributed by atoms with Crippen molar-refractivity contribution in [1.82, 2.24) is 10.2 Å². The molecule has 27 heavy (non-hydrogen) atoms. The van der Waals surface area contributed by atoms with Gasteiger partial charge in [0, 0.05) is 37.4 Å². The molecule has 142 valence electrons. The molecule has 0 atom stereocenters. The molecule has 2 aromatic rings. The van der Waals surface area contributed by atoms with Crippen LogP contribution in [-0.4, -0.2) is 42.1 Å². The molecule has 0 aromatic heterocycles. The van der Waals surface area contributed by atoms with E-state index in [1.54, 1.807) is 30.3 Å². The summed E-state index contributed by atoms with van der Waals surface area (Å²) in [5.74, 6) is -0.277. The number of thiocarbonyl (C=S) groups is 1. The lowest BCUT2D eigenvalue weighted by Crippen LogP contribution is -2.52. The predicted octanol–water partition coefficient (Wildman–Crippen LogP) is 3.54.